The quantitative estimate of drug-likeness (QED) is 0.332. The summed E-state index contributed by atoms with van der Waals surface area (Å²) in [6.07, 6.45) is -0.486. The van der Waals surface area contributed by atoms with E-state index in [1.54, 1.807) is 6.92 Å². The van der Waals surface area contributed by atoms with Crippen molar-refractivity contribution in [1.82, 2.24) is 15.0 Å². The predicted molar refractivity (Wildman–Crippen MR) is 139 cm³/mol. The van der Waals surface area contributed by atoms with Gasteiger partial charge in [0.1, 0.15) is 29.5 Å². The SMILES string of the molecule is Cc1nc(N[C@@H](C)c2ccc(Oc3ccccc3)cc2)nc(N2C(=O)OC[C@@]2(C)c2ccccc2)n1.[HH]. The van der Waals surface area contributed by atoms with Crippen LogP contribution in [0.1, 0.15) is 38.3 Å². The second-order valence-corrected chi connectivity index (χ2v) is 8.89. The molecule has 1 saturated heterocycles. The molecule has 8 heteroatoms. The number of nitrogens with zero attached hydrogens (tertiary/aromatic N) is 4. The first kappa shape index (κ1) is 23.3. The standard InChI is InChI=1S/C28H27N5O3.H2/c1-19(21-14-16-24(17-15-21)36-23-12-8-5-9-13-23)29-25-30-20(2)31-26(32-25)33-27(34)35-18-28(33,3)22-10-6-4-7-11-22;/h4-17,19H,18H2,1-3H3,(H,29,30,31,32);1H/t19-,28-;/m0./s1. The van der Waals surface area contributed by atoms with Crippen molar-refractivity contribution >= 4 is 18.0 Å². The Labute approximate surface area is 211 Å². The number of aromatic nitrogens is 3. The van der Waals surface area contributed by atoms with Crippen LogP contribution >= 0.6 is 0 Å². The second-order valence-electron chi connectivity index (χ2n) is 8.89. The highest BCUT2D eigenvalue weighted by molar-refractivity contribution is 5.89. The van der Waals surface area contributed by atoms with E-state index in [2.05, 4.69) is 20.3 Å². The highest BCUT2D eigenvalue weighted by Gasteiger charge is 2.47. The third-order valence-electron chi connectivity index (χ3n) is 6.19. The minimum Gasteiger partial charge on any atom is -0.457 e. The first-order valence-corrected chi connectivity index (χ1v) is 11.8. The average molecular weight is 484 g/mol. The zero-order valence-electron chi connectivity index (χ0n) is 20.4. The summed E-state index contributed by atoms with van der Waals surface area (Å²) < 4.78 is 11.3. The number of amides is 1. The van der Waals surface area contributed by atoms with Crippen LogP contribution in [0.25, 0.3) is 0 Å². The van der Waals surface area contributed by atoms with Crippen LogP contribution in [0.5, 0.6) is 11.5 Å². The first-order chi connectivity index (χ1) is 17.4. The third kappa shape index (κ3) is 4.70. The lowest BCUT2D eigenvalue weighted by Gasteiger charge is -2.30. The van der Waals surface area contributed by atoms with Crippen LogP contribution in [0.4, 0.5) is 16.7 Å². The Morgan fingerprint density at radius 2 is 1.58 bits per heavy atom. The van der Waals surface area contributed by atoms with Crippen molar-refractivity contribution in [3.05, 3.63) is 102 Å². The fourth-order valence-corrected chi connectivity index (χ4v) is 4.20. The molecule has 1 aliphatic heterocycles. The molecule has 36 heavy (non-hydrogen) atoms. The van der Waals surface area contributed by atoms with Gasteiger partial charge in [-0.3, -0.25) is 0 Å². The molecule has 4 aromatic rings. The monoisotopic (exact) mass is 483 g/mol. The zero-order valence-corrected chi connectivity index (χ0v) is 20.4. The number of aryl methyl sites for hydroxylation is 1. The van der Waals surface area contributed by atoms with Crippen LogP contribution in [-0.4, -0.2) is 27.7 Å². The molecule has 0 spiro atoms. The summed E-state index contributed by atoms with van der Waals surface area (Å²) in [6, 6.07) is 27.1. The molecule has 1 amide bonds. The van der Waals surface area contributed by atoms with Gasteiger partial charge in [-0.1, -0.05) is 60.7 Å². The summed E-state index contributed by atoms with van der Waals surface area (Å²) in [6.45, 7) is 5.94. The van der Waals surface area contributed by atoms with Crippen molar-refractivity contribution in [3.8, 4) is 11.5 Å². The van der Waals surface area contributed by atoms with Crippen LogP contribution < -0.4 is 15.0 Å². The number of ether oxygens (including phenoxy) is 2. The summed E-state index contributed by atoms with van der Waals surface area (Å²) in [5.41, 5.74) is 1.24. The molecule has 0 unspecified atom stereocenters. The maximum atomic E-state index is 12.8. The van der Waals surface area contributed by atoms with Crippen LogP contribution in [0.15, 0.2) is 84.9 Å². The van der Waals surface area contributed by atoms with Crippen molar-refractivity contribution in [3.63, 3.8) is 0 Å². The van der Waals surface area contributed by atoms with E-state index in [-0.39, 0.29) is 20.0 Å². The van der Waals surface area contributed by atoms with Gasteiger partial charge in [0.15, 0.2) is 0 Å². The Morgan fingerprint density at radius 3 is 2.28 bits per heavy atom. The molecule has 0 aliphatic carbocycles. The fourth-order valence-electron chi connectivity index (χ4n) is 4.20. The maximum absolute atomic E-state index is 12.8. The number of para-hydroxylation sites is 1. The van der Waals surface area contributed by atoms with E-state index in [0.717, 1.165) is 22.6 Å². The zero-order chi connectivity index (χ0) is 25.1. The Kier molecular flexibility index (Phi) is 6.25. The van der Waals surface area contributed by atoms with E-state index in [0.29, 0.717) is 11.8 Å². The van der Waals surface area contributed by atoms with Gasteiger partial charge in [-0.25, -0.2) is 9.69 Å². The van der Waals surface area contributed by atoms with Gasteiger partial charge in [-0.2, -0.15) is 15.0 Å². The van der Waals surface area contributed by atoms with Crippen molar-refractivity contribution < 1.29 is 15.7 Å². The first-order valence-electron chi connectivity index (χ1n) is 11.8. The van der Waals surface area contributed by atoms with E-state index >= 15 is 0 Å². The van der Waals surface area contributed by atoms with E-state index in [1.165, 1.54) is 4.90 Å². The van der Waals surface area contributed by atoms with E-state index in [4.69, 9.17) is 9.47 Å². The van der Waals surface area contributed by atoms with E-state index < -0.39 is 11.6 Å². The molecular formula is C28H29N5O3. The summed E-state index contributed by atoms with van der Waals surface area (Å²) in [5, 5.41) is 3.33. The Bertz CT molecular complexity index is 1360. The van der Waals surface area contributed by atoms with Gasteiger partial charge >= 0.3 is 6.09 Å². The number of carbonyl (C=O) groups is 1. The van der Waals surface area contributed by atoms with Crippen LogP contribution in [0.2, 0.25) is 0 Å². The Morgan fingerprint density at radius 1 is 0.944 bits per heavy atom. The molecule has 0 radical (unpaired) electrons. The normalized spacial score (nSPS) is 18.0. The highest BCUT2D eigenvalue weighted by atomic mass is 16.6. The molecule has 1 aromatic heterocycles. The topological polar surface area (TPSA) is 89.5 Å². The summed E-state index contributed by atoms with van der Waals surface area (Å²) in [5.74, 6) is 2.66. The van der Waals surface area contributed by atoms with Crippen LogP contribution in [0, 0.1) is 6.92 Å². The summed E-state index contributed by atoms with van der Waals surface area (Å²) in [7, 11) is 0. The third-order valence-corrected chi connectivity index (χ3v) is 6.19. The number of hydrogen-bond donors (Lipinski definition) is 1. The lowest BCUT2D eigenvalue weighted by Crippen LogP contribution is -2.43. The molecule has 8 nitrogen and oxygen atoms in total. The predicted octanol–water partition coefficient (Wildman–Crippen LogP) is 6.26. The molecule has 1 fully saturated rings. The molecule has 5 rings (SSSR count). The number of nitrogens with one attached hydrogen (secondary N) is 1. The minimum absolute atomic E-state index is 0. The molecule has 2 atom stereocenters. The van der Waals surface area contributed by atoms with Crippen LogP contribution in [-0.2, 0) is 10.3 Å². The van der Waals surface area contributed by atoms with Crippen molar-refractivity contribution in [2.45, 2.75) is 32.4 Å². The number of hydrogen-bond acceptors (Lipinski definition) is 7. The fraction of sp³-hybridized carbons (Fsp3) is 0.214. The van der Waals surface area contributed by atoms with Gasteiger partial charge in [0.25, 0.3) is 0 Å². The van der Waals surface area contributed by atoms with Gasteiger partial charge in [-0.05, 0) is 56.2 Å². The van der Waals surface area contributed by atoms with Gasteiger partial charge in [0.05, 0.1) is 6.04 Å². The highest BCUT2D eigenvalue weighted by Crippen LogP contribution is 2.37. The molecule has 184 valence electrons. The Hall–Kier alpha value is -4.46. The number of carbonyl (C=O) groups excluding carboxylic acids is 1. The van der Waals surface area contributed by atoms with Gasteiger partial charge < -0.3 is 14.8 Å². The number of cyclic esters (lactones) is 1. The lowest BCUT2D eigenvalue weighted by atomic mass is 9.92. The van der Waals surface area contributed by atoms with Crippen molar-refractivity contribution in [2.24, 2.45) is 0 Å². The maximum Gasteiger partial charge on any atom is 0.417 e. The second kappa shape index (κ2) is 9.65. The molecule has 0 saturated carbocycles. The van der Waals surface area contributed by atoms with Gasteiger partial charge in [-0.15, -0.1) is 0 Å². The Balaban J connectivity index is 0.00000320. The molecule has 2 heterocycles. The molecule has 1 aliphatic rings. The number of rotatable bonds is 7. The lowest BCUT2D eigenvalue weighted by molar-refractivity contribution is 0.174. The molecule has 3 aromatic carbocycles. The minimum atomic E-state index is -0.733. The van der Waals surface area contributed by atoms with Crippen molar-refractivity contribution in [2.75, 3.05) is 16.8 Å². The van der Waals surface area contributed by atoms with E-state index in [9.17, 15) is 4.79 Å². The molecular weight excluding hydrogens is 454 g/mol. The number of benzene rings is 3. The van der Waals surface area contributed by atoms with E-state index in [1.807, 2.05) is 98.8 Å². The average Bonchev–Trinajstić information content (AvgIpc) is 3.20. The van der Waals surface area contributed by atoms with Crippen LogP contribution in [0.3, 0.4) is 0 Å². The largest absolute Gasteiger partial charge is 0.457 e. The summed E-state index contributed by atoms with van der Waals surface area (Å²) >= 11 is 0. The number of anilines is 2. The van der Waals surface area contributed by atoms with Gasteiger partial charge in [0.2, 0.25) is 11.9 Å². The smallest absolute Gasteiger partial charge is 0.417 e. The molecule has 0 bridgehead atoms. The molecule has 1 N–H and O–H groups in total. The summed E-state index contributed by atoms with van der Waals surface area (Å²) in [4.78, 5) is 27.8. The van der Waals surface area contributed by atoms with Crippen molar-refractivity contribution in [1.29, 1.82) is 0 Å². The van der Waals surface area contributed by atoms with Gasteiger partial charge in [0, 0.05) is 1.43 Å².